The minimum absolute atomic E-state index is 0.328. The predicted molar refractivity (Wildman–Crippen MR) is 46.0 cm³/mol. The molecular weight excluding hydrogens is 124 g/mol. The quantitative estimate of drug-likeness (QED) is 0.493. The first kappa shape index (κ1) is 9.66. The van der Waals surface area contributed by atoms with Crippen molar-refractivity contribution in [1.29, 1.82) is 0 Å². The van der Waals surface area contributed by atoms with Crippen molar-refractivity contribution >= 4 is 0 Å². The molecule has 1 rings (SSSR count). The Hall–Kier alpha value is -0.340. The van der Waals surface area contributed by atoms with Crippen LogP contribution in [0.25, 0.3) is 0 Å². The van der Waals surface area contributed by atoms with E-state index in [1.165, 1.54) is 0 Å². The van der Waals surface area contributed by atoms with Crippen molar-refractivity contribution in [2.24, 2.45) is 5.73 Å². The van der Waals surface area contributed by atoms with Gasteiger partial charge in [-0.2, -0.15) is 0 Å². The van der Waals surface area contributed by atoms with E-state index in [2.05, 4.69) is 17.5 Å². The van der Waals surface area contributed by atoms with Gasteiger partial charge >= 0.3 is 0 Å². The average molecular weight is 142 g/mol. The summed E-state index contributed by atoms with van der Waals surface area (Å²) in [5, 5.41) is 3.19. The van der Waals surface area contributed by atoms with E-state index >= 15 is 0 Å². The fourth-order valence-corrected chi connectivity index (χ4v) is 0.790. The van der Waals surface area contributed by atoms with Crippen LogP contribution in [-0.4, -0.2) is 19.1 Å². The first-order valence-corrected chi connectivity index (χ1v) is 4.01. The van der Waals surface area contributed by atoms with Crippen LogP contribution in [0.1, 0.15) is 20.3 Å². The Kier molecular flexibility index (Phi) is 6.55. The maximum Gasteiger partial charge on any atom is 0.0200 e. The van der Waals surface area contributed by atoms with E-state index in [9.17, 15) is 0 Å². The number of hydrogen-bond donors (Lipinski definition) is 2. The molecule has 0 aliphatic carbocycles. The zero-order valence-electron chi connectivity index (χ0n) is 6.93. The molecule has 2 nitrogen and oxygen atoms in total. The van der Waals surface area contributed by atoms with Crippen molar-refractivity contribution in [3.05, 3.63) is 12.2 Å². The lowest BCUT2D eigenvalue weighted by Crippen LogP contribution is -2.31. The third-order valence-electron chi connectivity index (χ3n) is 1.27. The molecule has 60 valence electrons. The Morgan fingerprint density at radius 1 is 1.40 bits per heavy atom. The summed E-state index contributed by atoms with van der Waals surface area (Å²) in [4.78, 5) is 0. The largest absolute Gasteiger partial charge is 0.326 e. The lowest BCUT2D eigenvalue weighted by atomic mass is 10.2. The second-order valence-corrected chi connectivity index (χ2v) is 2.13. The van der Waals surface area contributed by atoms with Crippen molar-refractivity contribution in [3.8, 4) is 0 Å². The van der Waals surface area contributed by atoms with E-state index in [4.69, 9.17) is 5.73 Å². The summed E-state index contributed by atoms with van der Waals surface area (Å²) in [7, 11) is 0. The Labute approximate surface area is 63.5 Å². The van der Waals surface area contributed by atoms with Crippen molar-refractivity contribution in [3.63, 3.8) is 0 Å². The molecule has 0 fully saturated rings. The van der Waals surface area contributed by atoms with Crippen molar-refractivity contribution in [2.45, 2.75) is 26.3 Å². The Morgan fingerprint density at radius 3 is 2.80 bits per heavy atom. The molecule has 0 aromatic rings. The topological polar surface area (TPSA) is 38.0 Å². The van der Waals surface area contributed by atoms with Gasteiger partial charge in [-0.25, -0.2) is 0 Å². The Bertz CT molecular complexity index is 89.3. The molecule has 0 saturated heterocycles. The van der Waals surface area contributed by atoms with Crippen LogP contribution in [-0.2, 0) is 0 Å². The number of nitrogens with one attached hydrogen (secondary N) is 1. The highest BCUT2D eigenvalue weighted by Gasteiger charge is 1.99. The molecule has 10 heavy (non-hydrogen) atoms. The van der Waals surface area contributed by atoms with E-state index in [1.54, 1.807) is 0 Å². The fourth-order valence-electron chi connectivity index (χ4n) is 0.790. The number of nitrogens with two attached hydrogens (primary N) is 1. The van der Waals surface area contributed by atoms with Crippen LogP contribution in [0.4, 0.5) is 0 Å². The summed E-state index contributed by atoms with van der Waals surface area (Å²) < 4.78 is 0. The molecule has 0 aromatic heterocycles. The van der Waals surface area contributed by atoms with Gasteiger partial charge < -0.3 is 11.1 Å². The van der Waals surface area contributed by atoms with Gasteiger partial charge in [0.25, 0.3) is 0 Å². The molecule has 1 unspecified atom stereocenters. The second-order valence-electron chi connectivity index (χ2n) is 2.13. The van der Waals surface area contributed by atoms with Crippen LogP contribution in [0.5, 0.6) is 0 Å². The molecule has 1 aliphatic rings. The monoisotopic (exact) mass is 142 g/mol. The van der Waals surface area contributed by atoms with Crippen LogP contribution >= 0.6 is 0 Å². The molecule has 0 bridgehead atoms. The van der Waals surface area contributed by atoms with Gasteiger partial charge in [0.2, 0.25) is 0 Å². The summed E-state index contributed by atoms with van der Waals surface area (Å²) in [6, 6.07) is 0.328. The highest BCUT2D eigenvalue weighted by Crippen LogP contribution is 1.91. The van der Waals surface area contributed by atoms with Gasteiger partial charge in [0.1, 0.15) is 0 Å². The standard InChI is InChI=1S/C6H12N2.C2H6/c7-6-3-1-2-4-8-5-6;1-2/h1-2,6,8H,3-5,7H2;1-2H3. The van der Waals surface area contributed by atoms with Crippen LogP contribution in [0.15, 0.2) is 12.2 Å². The van der Waals surface area contributed by atoms with E-state index < -0.39 is 0 Å². The maximum absolute atomic E-state index is 5.62. The predicted octanol–water partition coefficient (Wildman–Crippen LogP) is 0.889. The lowest BCUT2D eigenvalue weighted by molar-refractivity contribution is 0.622. The summed E-state index contributed by atoms with van der Waals surface area (Å²) in [5.41, 5.74) is 5.62. The molecule has 1 heterocycles. The Balaban J connectivity index is 0.000000371. The summed E-state index contributed by atoms with van der Waals surface area (Å²) >= 11 is 0. The Morgan fingerprint density at radius 2 is 2.10 bits per heavy atom. The molecule has 0 spiro atoms. The number of rotatable bonds is 0. The number of hydrogen-bond acceptors (Lipinski definition) is 2. The molecule has 0 radical (unpaired) electrons. The van der Waals surface area contributed by atoms with E-state index in [-0.39, 0.29) is 0 Å². The minimum Gasteiger partial charge on any atom is -0.326 e. The van der Waals surface area contributed by atoms with Crippen molar-refractivity contribution in [2.75, 3.05) is 13.1 Å². The summed E-state index contributed by atoms with van der Waals surface area (Å²) in [6.07, 6.45) is 5.27. The second kappa shape index (κ2) is 6.78. The van der Waals surface area contributed by atoms with Crippen molar-refractivity contribution < 1.29 is 0 Å². The fraction of sp³-hybridized carbons (Fsp3) is 0.750. The maximum atomic E-state index is 5.62. The molecule has 3 N–H and O–H groups in total. The summed E-state index contributed by atoms with van der Waals surface area (Å²) in [6.45, 7) is 5.93. The van der Waals surface area contributed by atoms with Gasteiger partial charge in [-0.3, -0.25) is 0 Å². The van der Waals surface area contributed by atoms with Crippen LogP contribution in [0.2, 0.25) is 0 Å². The van der Waals surface area contributed by atoms with E-state index in [1.807, 2.05) is 13.8 Å². The highest BCUT2D eigenvalue weighted by atomic mass is 14.9. The first-order valence-electron chi connectivity index (χ1n) is 4.01. The molecule has 0 aromatic carbocycles. The molecule has 0 amide bonds. The lowest BCUT2D eigenvalue weighted by Gasteiger charge is -2.04. The smallest absolute Gasteiger partial charge is 0.0200 e. The zero-order valence-corrected chi connectivity index (χ0v) is 6.93. The van der Waals surface area contributed by atoms with Crippen LogP contribution in [0, 0.1) is 0 Å². The molecule has 0 saturated carbocycles. The molecule has 2 heteroatoms. The minimum atomic E-state index is 0.328. The van der Waals surface area contributed by atoms with Crippen molar-refractivity contribution in [1.82, 2.24) is 5.32 Å². The molecular formula is C8H18N2. The van der Waals surface area contributed by atoms with Gasteiger partial charge in [0.05, 0.1) is 0 Å². The van der Waals surface area contributed by atoms with Crippen LogP contribution < -0.4 is 11.1 Å². The van der Waals surface area contributed by atoms with Gasteiger partial charge in [-0.15, -0.1) is 0 Å². The van der Waals surface area contributed by atoms with E-state index in [0.717, 1.165) is 19.5 Å². The van der Waals surface area contributed by atoms with Gasteiger partial charge in [-0.05, 0) is 6.42 Å². The first-order chi connectivity index (χ1) is 4.89. The zero-order chi connectivity index (χ0) is 7.82. The van der Waals surface area contributed by atoms with Gasteiger partial charge in [0.15, 0.2) is 0 Å². The molecule has 1 atom stereocenters. The van der Waals surface area contributed by atoms with Gasteiger partial charge in [0, 0.05) is 19.1 Å². The van der Waals surface area contributed by atoms with Crippen LogP contribution in [0.3, 0.4) is 0 Å². The highest BCUT2D eigenvalue weighted by molar-refractivity contribution is 4.91. The average Bonchev–Trinajstić information content (AvgIpc) is 2.21. The normalized spacial score (nSPS) is 24.5. The summed E-state index contributed by atoms with van der Waals surface area (Å²) in [5.74, 6) is 0. The van der Waals surface area contributed by atoms with E-state index in [0.29, 0.717) is 6.04 Å². The third kappa shape index (κ3) is 4.53. The SMILES string of the molecule is CC.NC1CC=CCNC1. The van der Waals surface area contributed by atoms with Gasteiger partial charge in [-0.1, -0.05) is 26.0 Å². The molecule has 1 aliphatic heterocycles. The third-order valence-corrected chi connectivity index (χ3v) is 1.27.